The van der Waals surface area contributed by atoms with Crippen LogP contribution >= 0.6 is 0 Å². The van der Waals surface area contributed by atoms with Gasteiger partial charge in [-0.1, -0.05) is 0 Å². The predicted molar refractivity (Wildman–Crippen MR) is 45.4 cm³/mol. The van der Waals surface area contributed by atoms with Gasteiger partial charge in [-0.2, -0.15) is 0 Å². The van der Waals surface area contributed by atoms with E-state index in [1.165, 1.54) is 19.1 Å². The average molecular weight is 183 g/mol. The van der Waals surface area contributed by atoms with Gasteiger partial charge in [0.1, 0.15) is 5.75 Å². The molecule has 70 valence electrons. The minimum Gasteiger partial charge on any atom is -0.508 e. The zero-order valence-electron chi connectivity index (χ0n) is 6.97. The van der Waals surface area contributed by atoms with Crippen molar-refractivity contribution >= 4 is 5.69 Å². The van der Waals surface area contributed by atoms with Crippen molar-refractivity contribution in [3.8, 4) is 5.75 Å². The number of rotatable bonds is 2. The lowest BCUT2D eigenvalue weighted by atomic mass is 10.1. The molecule has 1 atom stereocenters. The van der Waals surface area contributed by atoms with Gasteiger partial charge in [0.05, 0.1) is 11.0 Å². The molecule has 0 spiro atoms. The molecule has 0 bridgehead atoms. The van der Waals surface area contributed by atoms with Crippen LogP contribution in [0.15, 0.2) is 18.2 Å². The molecule has 13 heavy (non-hydrogen) atoms. The van der Waals surface area contributed by atoms with Crippen molar-refractivity contribution in [2.45, 2.75) is 13.0 Å². The van der Waals surface area contributed by atoms with E-state index < -0.39 is 11.0 Å². The number of nitrogens with zero attached hydrogens (tertiary/aromatic N) is 1. The Kier molecular flexibility index (Phi) is 2.48. The van der Waals surface area contributed by atoms with Gasteiger partial charge in [0.2, 0.25) is 0 Å². The number of aromatic hydroxyl groups is 1. The zero-order chi connectivity index (χ0) is 10.0. The van der Waals surface area contributed by atoms with Gasteiger partial charge in [0, 0.05) is 17.7 Å². The number of aliphatic hydroxyl groups is 1. The number of phenols is 1. The SMILES string of the molecule is C[C@H](O)c1cc([N+](=O)[O-])ccc1O. The van der Waals surface area contributed by atoms with Crippen molar-refractivity contribution in [3.63, 3.8) is 0 Å². The molecule has 0 saturated heterocycles. The number of phenolic OH excluding ortho intramolecular Hbond substituents is 1. The summed E-state index contributed by atoms with van der Waals surface area (Å²) in [4.78, 5) is 9.75. The second-order valence-corrected chi connectivity index (χ2v) is 2.68. The van der Waals surface area contributed by atoms with Crippen LogP contribution in [-0.2, 0) is 0 Å². The van der Waals surface area contributed by atoms with Crippen LogP contribution in [0.5, 0.6) is 5.75 Å². The summed E-state index contributed by atoms with van der Waals surface area (Å²) < 4.78 is 0. The number of benzene rings is 1. The van der Waals surface area contributed by atoms with Gasteiger partial charge in [0.15, 0.2) is 0 Å². The molecule has 0 aliphatic carbocycles. The van der Waals surface area contributed by atoms with Crippen LogP contribution in [0.2, 0.25) is 0 Å². The fourth-order valence-electron chi connectivity index (χ4n) is 0.990. The van der Waals surface area contributed by atoms with E-state index in [1.54, 1.807) is 0 Å². The van der Waals surface area contributed by atoms with E-state index >= 15 is 0 Å². The van der Waals surface area contributed by atoms with Gasteiger partial charge in [-0.25, -0.2) is 0 Å². The maximum Gasteiger partial charge on any atom is 0.270 e. The molecule has 0 aromatic heterocycles. The van der Waals surface area contributed by atoms with Crippen LogP contribution in [0.25, 0.3) is 0 Å². The molecule has 0 amide bonds. The molecule has 5 heteroatoms. The van der Waals surface area contributed by atoms with E-state index in [0.717, 1.165) is 6.07 Å². The molecule has 0 heterocycles. The minimum absolute atomic E-state index is 0.138. The fraction of sp³-hybridized carbons (Fsp3) is 0.250. The van der Waals surface area contributed by atoms with Gasteiger partial charge in [-0.3, -0.25) is 10.1 Å². The first-order valence-electron chi connectivity index (χ1n) is 3.67. The molecular weight excluding hydrogens is 174 g/mol. The van der Waals surface area contributed by atoms with Gasteiger partial charge < -0.3 is 10.2 Å². The lowest BCUT2D eigenvalue weighted by molar-refractivity contribution is -0.385. The van der Waals surface area contributed by atoms with Crippen molar-refractivity contribution in [2.24, 2.45) is 0 Å². The molecule has 0 aliphatic rings. The molecule has 0 saturated carbocycles. The Hall–Kier alpha value is -1.62. The second-order valence-electron chi connectivity index (χ2n) is 2.68. The smallest absolute Gasteiger partial charge is 0.270 e. The third kappa shape index (κ3) is 1.94. The van der Waals surface area contributed by atoms with Gasteiger partial charge >= 0.3 is 0 Å². The molecule has 0 unspecified atom stereocenters. The standard InChI is InChI=1S/C8H9NO4/c1-5(10)7-4-6(9(12)13)2-3-8(7)11/h2-5,10-11H,1H3/t5-/m0/s1. The minimum atomic E-state index is -0.917. The monoisotopic (exact) mass is 183 g/mol. The Morgan fingerprint density at radius 2 is 2.15 bits per heavy atom. The molecule has 1 rings (SSSR count). The predicted octanol–water partition coefficient (Wildman–Crippen LogP) is 1.35. The first-order valence-corrected chi connectivity index (χ1v) is 3.67. The molecular formula is C8H9NO4. The van der Waals surface area contributed by atoms with Crippen molar-refractivity contribution in [1.82, 2.24) is 0 Å². The largest absolute Gasteiger partial charge is 0.508 e. The van der Waals surface area contributed by atoms with Crippen LogP contribution in [0.4, 0.5) is 5.69 Å². The number of non-ortho nitro benzene ring substituents is 1. The van der Waals surface area contributed by atoms with Crippen LogP contribution in [0.1, 0.15) is 18.6 Å². The summed E-state index contributed by atoms with van der Waals surface area (Å²) in [5, 5.41) is 28.7. The Morgan fingerprint density at radius 1 is 1.54 bits per heavy atom. The third-order valence-corrected chi connectivity index (χ3v) is 1.67. The Morgan fingerprint density at radius 3 is 2.62 bits per heavy atom. The normalized spacial score (nSPS) is 12.5. The summed E-state index contributed by atoms with van der Waals surface area (Å²) in [5.74, 6) is -0.138. The molecule has 0 fully saturated rings. The number of aliphatic hydroxyl groups excluding tert-OH is 1. The van der Waals surface area contributed by atoms with E-state index in [4.69, 9.17) is 5.11 Å². The highest BCUT2D eigenvalue weighted by molar-refractivity contribution is 5.43. The van der Waals surface area contributed by atoms with E-state index in [1.807, 2.05) is 0 Å². The average Bonchev–Trinajstić information content (AvgIpc) is 2.04. The van der Waals surface area contributed by atoms with E-state index in [9.17, 15) is 15.2 Å². The van der Waals surface area contributed by atoms with Crippen LogP contribution in [-0.4, -0.2) is 15.1 Å². The lowest BCUT2D eigenvalue weighted by Gasteiger charge is -2.05. The summed E-state index contributed by atoms with van der Waals surface area (Å²) in [6, 6.07) is 3.53. The topological polar surface area (TPSA) is 83.6 Å². The highest BCUT2D eigenvalue weighted by atomic mass is 16.6. The Labute approximate surface area is 74.4 Å². The number of hydrogen-bond donors (Lipinski definition) is 2. The van der Waals surface area contributed by atoms with Crippen molar-refractivity contribution in [2.75, 3.05) is 0 Å². The maximum atomic E-state index is 10.3. The van der Waals surface area contributed by atoms with Crippen LogP contribution in [0.3, 0.4) is 0 Å². The maximum absolute atomic E-state index is 10.3. The molecule has 0 radical (unpaired) electrons. The van der Waals surface area contributed by atoms with Crippen LogP contribution in [0, 0.1) is 10.1 Å². The summed E-state index contributed by atoms with van der Waals surface area (Å²) >= 11 is 0. The molecule has 5 nitrogen and oxygen atoms in total. The van der Waals surface area contributed by atoms with Crippen molar-refractivity contribution in [3.05, 3.63) is 33.9 Å². The molecule has 1 aromatic carbocycles. The van der Waals surface area contributed by atoms with Crippen molar-refractivity contribution < 1.29 is 15.1 Å². The Balaban J connectivity index is 3.19. The van der Waals surface area contributed by atoms with Gasteiger partial charge in [0.25, 0.3) is 5.69 Å². The number of nitro benzene ring substituents is 1. The first kappa shape index (κ1) is 9.47. The first-order chi connectivity index (χ1) is 6.02. The third-order valence-electron chi connectivity index (χ3n) is 1.67. The molecule has 1 aromatic rings. The summed E-state index contributed by atoms with van der Waals surface area (Å²) in [6.07, 6.45) is -0.917. The molecule has 0 aliphatic heterocycles. The summed E-state index contributed by atoms with van der Waals surface area (Å²) in [6.45, 7) is 1.43. The highest BCUT2D eigenvalue weighted by Gasteiger charge is 2.13. The fourth-order valence-corrected chi connectivity index (χ4v) is 0.990. The lowest BCUT2D eigenvalue weighted by Crippen LogP contribution is -1.94. The van der Waals surface area contributed by atoms with E-state index in [0.29, 0.717) is 0 Å². The quantitative estimate of drug-likeness (QED) is 0.535. The number of nitro groups is 1. The van der Waals surface area contributed by atoms with Crippen LogP contribution < -0.4 is 0 Å². The second kappa shape index (κ2) is 3.40. The van der Waals surface area contributed by atoms with Gasteiger partial charge in [-0.15, -0.1) is 0 Å². The summed E-state index contributed by atoms with van der Waals surface area (Å²) in [5.41, 5.74) is 0.0166. The zero-order valence-corrected chi connectivity index (χ0v) is 6.97. The van der Waals surface area contributed by atoms with Crippen molar-refractivity contribution in [1.29, 1.82) is 0 Å². The van der Waals surface area contributed by atoms with Gasteiger partial charge in [-0.05, 0) is 13.0 Å². The molecule has 2 N–H and O–H groups in total. The summed E-state index contributed by atoms with van der Waals surface area (Å²) in [7, 11) is 0. The highest BCUT2D eigenvalue weighted by Crippen LogP contribution is 2.27. The van der Waals surface area contributed by atoms with E-state index in [2.05, 4.69) is 0 Å². The number of hydrogen-bond acceptors (Lipinski definition) is 4. The van der Waals surface area contributed by atoms with E-state index in [-0.39, 0.29) is 17.0 Å². The Bertz CT molecular complexity index is 335.